The molecule has 0 aromatic carbocycles. The number of fused-ring (bicyclic) bond motifs is 1. The minimum atomic E-state index is 0.514. The van der Waals surface area contributed by atoms with Crippen LogP contribution in [0.25, 0.3) is 11.2 Å². The number of hydrogen-bond donors (Lipinski definition) is 1. The minimum absolute atomic E-state index is 0.514. The third-order valence-corrected chi connectivity index (χ3v) is 3.19. The lowest BCUT2D eigenvalue weighted by Crippen LogP contribution is -2.04. The van der Waals surface area contributed by atoms with Crippen LogP contribution in [0.2, 0.25) is 0 Å². The van der Waals surface area contributed by atoms with Crippen LogP contribution < -0.4 is 5.73 Å². The number of anilines is 1. The molecule has 5 heteroatoms. The molecule has 0 amide bonds. The minimum Gasteiger partial charge on any atom is -0.369 e. The molecule has 0 saturated carbocycles. The van der Waals surface area contributed by atoms with Crippen molar-refractivity contribution in [2.75, 3.05) is 5.73 Å². The largest absolute Gasteiger partial charge is 0.369 e. The van der Waals surface area contributed by atoms with Gasteiger partial charge in [-0.05, 0) is 34.5 Å². The summed E-state index contributed by atoms with van der Waals surface area (Å²) in [5.74, 6) is 0.514. The summed E-state index contributed by atoms with van der Waals surface area (Å²) in [5.41, 5.74) is 8.79. The van der Waals surface area contributed by atoms with Crippen LogP contribution in [0.4, 0.5) is 5.95 Å². The highest BCUT2D eigenvalue weighted by atomic mass is 32.1. The summed E-state index contributed by atoms with van der Waals surface area (Å²) in [4.78, 5) is 8.58. The number of aromatic nitrogens is 3. The Morgan fingerprint density at radius 1 is 1.38 bits per heavy atom. The molecule has 3 rings (SSSR count). The molecule has 0 radical (unpaired) electrons. The standard InChI is InChI=1S/C11H10N4S/c12-11-14-9-2-1-4-13-10(9)15(11)6-8-3-5-16-7-8/h1-5,7H,6H2,(H2,12,14). The first-order chi connectivity index (χ1) is 7.84. The lowest BCUT2D eigenvalue weighted by atomic mass is 10.3. The maximum atomic E-state index is 5.89. The molecule has 4 nitrogen and oxygen atoms in total. The third kappa shape index (κ3) is 1.45. The van der Waals surface area contributed by atoms with Crippen LogP contribution in [0.1, 0.15) is 5.56 Å². The quantitative estimate of drug-likeness (QED) is 0.733. The second-order valence-corrected chi connectivity index (χ2v) is 4.31. The molecular weight excluding hydrogens is 220 g/mol. The van der Waals surface area contributed by atoms with Crippen LogP contribution >= 0.6 is 11.3 Å². The molecule has 3 aromatic heterocycles. The van der Waals surface area contributed by atoms with Gasteiger partial charge in [-0.15, -0.1) is 0 Å². The number of thiophene rings is 1. The summed E-state index contributed by atoms with van der Waals surface area (Å²) < 4.78 is 1.93. The smallest absolute Gasteiger partial charge is 0.202 e. The van der Waals surface area contributed by atoms with E-state index in [1.54, 1.807) is 17.5 Å². The van der Waals surface area contributed by atoms with Gasteiger partial charge in [-0.3, -0.25) is 4.57 Å². The van der Waals surface area contributed by atoms with Gasteiger partial charge < -0.3 is 5.73 Å². The van der Waals surface area contributed by atoms with Gasteiger partial charge in [0, 0.05) is 6.20 Å². The molecule has 16 heavy (non-hydrogen) atoms. The Balaban J connectivity index is 2.12. The summed E-state index contributed by atoms with van der Waals surface area (Å²) in [6.45, 7) is 0.725. The van der Waals surface area contributed by atoms with Gasteiger partial charge in [0.05, 0.1) is 6.54 Å². The van der Waals surface area contributed by atoms with Crippen LogP contribution in [-0.4, -0.2) is 14.5 Å². The Morgan fingerprint density at radius 2 is 2.31 bits per heavy atom. The molecule has 0 unspecified atom stereocenters. The van der Waals surface area contributed by atoms with Gasteiger partial charge in [0.2, 0.25) is 5.95 Å². The summed E-state index contributed by atoms with van der Waals surface area (Å²) in [7, 11) is 0. The van der Waals surface area contributed by atoms with Gasteiger partial charge in [0.25, 0.3) is 0 Å². The Hall–Kier alpha value is -1.88. The highest BCUT2D eigenvalue weighted by Crippen LogP contribution is 2.17. The van der Waals surface area contributed by atoms with Crippen LogP contribution in [0, 0.1) is 0 Å². The van der Waals surface area contributed by atoms with E-state index in [1.165, 1.54) is 5.56 Å². The van der Waals surface area contributed by atoms with Gasteiger partial charge in [-0.25, -0.2) is 9.97 Å². The number of imidazole rings is 1. The zero-order chi connectivity index (χ0) is 11.0. The maximum absolute atomic E-state index is 5.89. The lowest BCUT2D eigenvalue weighted by Gasteiger charge is -2.03. The van der Waals surface area contributed by atoms with Gasteiger partial charge in [-0.1, -0.05) is 0 Å². The lowest BCUT2D eigenvalue weighted by molar-refractivity contribution is 0.831. The van der Waals surface area contributed by atoms with Crippen molar-refractivity contribution in [3.63, 3.8) is 0 Å². The van der Waals surface area contributed by atoms with E-state index in [0.717, 1.165) is 17.7 Å². The van der Waals surface area contributed by atoms with Crippen LogP contribution in [-0.2, 0) is 6.54 Å². The monoisotopic (exact) mass is 230 g/mol. The highest BCUT2D eigenvalue weighted by molar-refractivity contribution is 7.07. The molecule has 3 heterocycles. The molecule has 0 spiro atoms. The fraction of sp³-hybridized carbons (Fsp3) is 0.0909. The summed E-state index contributed by atoms with van der Waals surface area (Å²) in [5, 5.41) is 4.16. The molecule has 0 atom stereocenters. The average molecular weight is 230 g/mol. The summed E-state index contributed by atoms with van der Waals surface area (Å²) >= 11 is 1.68. The molecule has 0 fully saturated rings. The number of nitrogens with two attached hydrogens (primary N) is 1. The zero-order valence-corrected chi connectivity index (χ0v) is 9.31. The molecule has 0 bridgehead atoms. The fourth-order valence-corrected chi connectivity index (χ4v) is 2.36. The van der Waals surface area contributed by atoms with E-state index in [4.69, 9.17) is 5.73 Å². The number of rotatable bonds is 2. The van der Waals surface area contributed by atoms with Crippen molar-refractivity contribution in [1.82, 2.24) is 14.5 Å². The molecule has 2 N–H and O–H groups in total. The number of nitrogen functional groups attached to an aromatic ring is 1. The first-order valence-electron chi connectivity index (χ1n) is 4.92. The van der Waals surface area contributed by atoms with Crippen molar-refractivity contribution < 1.29 is 0 Å². The van der Waals surface area contributed by atoms with Crippen molar-refractivity contribution in [2.45, 2.75) is 6.54 Å². The van der Waals surface area contributed by atoms with Crippen molar-refractivity contribution >= 4 is 28.4 Å². The van der Waals surface area contributed by atoms with Gasteiger partial charge >= 0.3 is 0 Å². The Kier molecular flexibility index (Phi) is 2.11. The summed E-state index contributed by atoms with van der Waals surface area (Å²) in [6, 6.07) is 5.87. The van der Waals surface area contributed by atoms with Crippen molar-refractivity contribution in [2.24, 2.45) is 0 Å². The predicted octanol–water partition coefficient (Wildman–Crippen LogP) is 2.12. The second-order valence-electron chi connectivity index (χ2n) is 3.53. The molecule has 0 aliphatic carbocycles. The van der Waals surface area contributed by atoms with Crippen LogP contribution in [0.15, 0.2) is 35.2 Å². The van der Waals surface area contributed by atoms with E-state index in [0.29, 0.717) is 5.95 Å². The van der Waals surface area contributed by atoms with E-state index in [2.05, 4.69) is 26.8 Å². The first kappa shape index (κ1) is 9.35. The topological polar surface area (TPSA) is 56.7 Å². The Morgan fingerprint density at radius 3 is 3.12 bits per heavy atom. The average Bonchev–Trinajstić information content (AvgIpc) is 2.89. The van der Waals surface area contributed by atoms with Crippen LogP contribution in [0.3, 0.4) is 0 Å². The second kappa shape index (κ2) is 3.61. The molecule has 80 valence electrons. The van der Waals surface area contributed by atoms with E-state index in [1.807, 2.05) is 16.7 Å². The fourth-order valence-electron chi connectivity index (χ4n) is 1.70. The molecule has 0 aliphatic rings. The molecule has 0 saturated heterocycles. The van der Waals surface area contributed by atoms with Gasteiger partial charge in [0.1, 0.15) is 5.52 Å². The summed E-state index contributed by atoms with van der Waals surface area (Å²) in [6.07, 6.45) is 1.76. The zero-order valence-electron chi connectivity index (χ0n) is 8.50. The maximum Gasteiger partial charge on any atom is 0.202 e. The van der Waals surface area contributed by atoms with Gasteiger partial charge in [-0.2, -0.15) is 11.3 Å². The number of pyridine rings is 1. The van der Waals surface area contributed by atoms with E-state index >= 15 is 0 Å². The van der Waals surface area contributed by atoms with Crippen molar-refractivity contribution in [3.05, 3.63) is 40.7 Å². The molecule has 0 aliphatic heterocycles. The van der Waals surface area contributed by atoms with Crippen molar-refractivity contribution in [3.8, 4) is 0 Å². The van der Waals surface area contributed by atoms with E-state index < -0.39 is 0 Å². The predicted molar refractivity (Wildman–Crippen MR) is 65.4 cm³/mol. The van der Waals surface area contributed by atoms with E-state index in [9.17, 15) is 0 Å². The Bertz CT molecular complexity index is 612. The number of hydrogen-bond acceptors (Lipinski definition) is 4. The van der Waals surface area contributed by atoms with Crippen molar-refractivity contribution in [1.29, 1.82) is 0 Å². The van der Waals surface area contributed by atoms with Crippen LogP contribution in [0.5, 0.6) is 0 Å². The number of nitrogens with zero attached hydrogens (tertiary/aromatic N) is 3. The normalized spacial score (nSPS) is 11.0. The van der Waals surface area contributed by atoms with Gasteiger partial charge in [0.15, 0.2) is 5.65 Å². The third-order valence-electron chi connectivity index (χ3n) is 2.45. The molecule has 3 aromatic rings. The Labute approximate surface area is 96.4 Å². The highest BCUT2D eigenvalue weighted by Gasteiger charge is 2.08. The SMILES string of the molecule is Nc1nc2cccnc2n1Cc1ccsc1. The first-order valence-corrected chi connectivity index (χ1v) is 5.86. The molecular formula is C11H10N4S. The van der Waals surface area contributed by atoms with E-state index in [-0.39, 0.29) is 0 Å².